The fourth-order valence-electron chi connectivity index (χ4n) is 4.62. The lowest BCUT2D eigenvalue weighted by atomic mass is 9.92. The van der Waals surface area contributed by atoms with E-state index >= 15 is 0 Å². The maximum absolute atomic E-state index is 13.6. The van der Waals surface area contributed by atoms with Crippen molar-refractivity contribution in [2.24, 2.45) is 5.92 Å². The molecule has 0 N–H and O–H groups in total. The maximum atomic E-state index is 13.6. The van der Waals surface area contributed by atoms with Crippen molar-refractivity contribution in [2.75, 3.05) is 26.2 Å². The molecule has 6 nitrogen and oxygen atoms in total. The quantitative estimate of drug-likeness (QED) is 0.672. The first kappa shape index (κ1) is 22.9. The molecule has 0 radical (unpaired) electrons. The van der Waals surface area contributed by atoms with E-state index in [-0.39, 0.29) is 17.7 Å². The molecule has 7 heteroatoms. The Morgan fingerprint density at radius 3 is 2.50 bits per heavy atom. The summed E-state index contributed by atoms with van der Waals surface area (Å²) in [4.78, 5) is 37.5. The molecule has 32 heavy (non-hydrogen) atoms. The van der Waals surface area contributed by atoms with Gasteiger partial charge in [0.15, 0.2) is 0 Å². The molecule has 1 aromatic heterocycles. The summed E-state index contributed by atoms with van der Waals surface area (Å²) in [5.41, 5.74) is 3.47. The Bertz CT molecular complexity index is 949. The third kappa shape index (κ3) is 5.21. The minimum Gasteiger partial charge on any atom is -0.338 e. The molecule has 2 amide bonds. The van der Waals surface area contributed by atoms with Gasteiger partial charge in [0.05, 0.1) is 10.7 Å². The van der Waals surface area contributed by atoms with E-state index in [2.05, 4.69) is 48.2 Å². The van der Waals surface area contributed by atoms with Gasteiger partial charge in [-0.3, -0.25) is 14.5 Å². The first-order valence-electron chi connectivity index (χ1n) is 11.7. The average Bonchev–Trinajstić information content (AvgIpc) is 3.25. The van der Waals surface area contributed by atoms with Crippen LogP contribution in [-0.4, -0.2) is 63.7 Å². The highest BCUT2D eigenvalue weighted by Crippen LogP contribution is 2.26. The largest absolute Gasteiger partial charge is 0.338 e. The Kier molecular flexibility index (Phi) is 7.26. The van der Waals surface area contributed by atoms with Crippen LogP contribution in [0.2, 0.25) is 0 Å². The number of piperazine rings is 1. The van der Waals surface area contributed by atoms with E-state index in [4.69, 9.17) is 0 Å². The Hall–Kier alpha value is -2.25. The summed E-state index contributed by atoms with van der Waals surface area (Å²) in [5, 5.41) is 3.33. The molecule has 2 aliphatic rings. The highest BCUT2D eigenvalue weighted by atomic mass is 32.1. The first-order chi connectivity index (χ1) is 15.4. The van der Waals surface area contributed by atoms with Crippen molar-refractivity contribution in [3.05, 3.63) is 51.5 Å². The second-order valence-electron chi connectivity index (χ2n) is 9.30. The second kappa shape index (κ2) is 10.1. The number of carbonyl (C=O) groups is 2. The highest BCUT2D eigenvalue weighted by Gasteiger charge is 2.37. The number of thiazole rings is 1. The molecule has 2 aliphatic heterocycles. The zero-order valence-corrected chi connectivity index (χ0v) is 20.2. The molecule has 1 atom stereocenters. The maximum Gasteiger partial charge on any atom is 0.245 e. The zero-order chi connectivity index (χ0) is 22.7. The predicted octanol–water partition coefficient (Wildman–Crippen LogP) is 3.35. The van der Waals surface area contributed by atoms with Gasteiger partial charge in [0, 0.05) is 57.5 Å². The fraction of sp³-hybridized carbons (Fsp3) is 0.560. The Morgan fingerprint density at radius 1 is 1.12 bits per heavy atom. The lowest BCUT2D eigenvalue weighted by Gasteiger charge is -2.41. The molecule has 0 aliphatic carbocycles. The SMILES string of the molecule is CCc1nc(CN2CCN(C(=O)C3Cc4ccccc4CN3C(=O)CC(C)C)CC2)cs1. The molecule has 1 saturated heterocycles. The Morgan fingerprint density at radius 2 is 1.84 bits per heavy atom. The van der Waals surface area contributed by atoms with Crippen molar-refractivity contribution in [2.45, 2.75) is 59.2 Å². The summed E-state index contributed by atoms with van der Waals surface area (Å²) >= 11 is 1.72. The summed E-state index contributed by atoms with van der Waals surface area (Å²) in [7, 11) is 0. The zero-order valence-electron chi connectivity index (χ0n) is 19.4. The van der Waals surface area contributed by atoms with E-state index in [0.717, 1.165) is 37.3 Å². The Balaban J connectivity index is 1.42. The number of benzene rings is 1. The molecular weight excluding hydrogens is 420 g/mol. The van der Waals surface area contributed by atoms with Gasteiger partial charge < -0.3 is 9.80 Å². The Labute approximate surface area is 195 Å². The van der Waals surface area contributed by atoms with Gasteiger partial charge in [-0.1, -0.05) is 45.0 Å². The van der Waals surface area contributed by atoms with Crippen LogP contribution >= 0.6 is 11.3 Å². The molecule has 0 saturated carbocycles. The van der Waals surface area contributed by atoms with Gasteiger partial charge in [-0.2, -0.15) is 0 Å². The molecule has 1 aromatic carbocycles. The number of aromatic nitrogens is 1. The van der Waals surface area contributed by atoms with Crippen LogP contribution in [0, 0.1) is 5.92 Å². The normalized spacial score (nSPS) is 19.3. The van der Waals surface area contributed by atoms with E-state index in [9.17, 15) is 9.59 Å². The summed E-state index contributed by atoms with van der Waals surface area (Å²) in [5.74, 6) is 0.456. The molecular formula is C25H34N4O2S. The van der Waals surface area contributed by atoms with Crippen LogP contribution in [-0.2, 0) is 35.5 Å². The monoisotopic (exact) mass is 454 g/mol. The lowest BCUT2D eigenvalue weighted by Crippen LogP contribution is -2.57. The molecule has 0 bridgehead atoms. The van der Waals surface area contributed by atoms with Crippen molar-refractivity contribution < 1.29 is 9.59 Å². The number of carbonyl (C=O) groups excluding carboxylic acids is 2. The molecule has 2 aromatic rings. The van der Waals surface area contributed by atoms with Crippen LogP contribution in [0.5, 0.6) is 0 Å². The smallest absolute Gasteiger partial charge is 0.245 e. The molecule has 172 valence electrons. The third-order valence-electron chi connectivity index (χ3n) is 6.41. The average molecular weight is 455 g/mol. The highest BCUT2D eigenvalue weighted by molar-refractivity contribution is 7.09. The van der Waals surface area contributed by atoms with E-state index in [1.54, 1.807) is 11.3 Å². The summed E-state index contributed by atoms with van der Waals surface area (Å²) in [6, 6.07) is 7.81. The number of rotatable bonds is 6. The fourth-order valence-corrected chi connectivity index (χ4v) is 5.36. The second-order valence-corrected chi connectivity index (χ2v) is 10.2. The molecule has 3 heterocycles. The van der Waals surface area contributed by atoms with Gasteiger partial charge in [-0.05, 0) is 23.5 Å². The summed E-state index contributed by atoms with van der Waals surface area (Å²) in [6.07, 6.45) is 2.06. The van der Waals surface area contributed by atoms with Crippen LogP contribution in [0.1, 0.15) is 49.0 Å². The number of fused-ring (bicyclic) bond motifs is 1. The van der Waals surface area contributed by atoms with Gasteiger partial charge in [0.1, 0.15) is 6.04 Å². The van der Waals surface area contributed by atoms with Crippen molar-refractivity contribution >= 4 is 23.2 Å². The number of amides is 2. The molecule has 4 rings (SSSR count). The van der Waals surface area contributed by atoms with Crippen LogP contribution in [0.15, 0.2) is 29.6 Å². The minimum atomic E-state index is -0.395. The molecule has 0 spiro atoms. The number of hydrogen-bond acceptors (Lipinski definition) is 5. The van der Waals surface area contributed by atoms with Gasteiger partial charge in [0.25, 0.3) is 0 Å². The van der Waals surface area contributed by atoms with Crippen LogP contribution < -0.4 is 0 Å². The number of aryl methyl sites for hydroxylation is 1. The molecule has 1 unspecified atom stereocenters. The van der Waals surface area contributed by atoms with Gasteiger partial charge >= 0.3 is 0 Å². The summed E-state index contributed by atoms with van der Waals surface area (Å²) in [6.45, 7) is 10.7. The van der Waals surface area contributed by atoms with Crippen molar-refractivity contribution in [1.29, 1.82) is 0 Å². The molecule has 1 fully saturated rings. The van der Waals surface area contributed by atoms with Gasteiger partial charge in [-0.15, -0.1) is 11.3 Å². The number of nitrogens with zero attached hydrogens (tertiary/aromatic N) is 4. The van der Waals surface area contributed by atoms with Crippen LogP contribution in [0.3, 0.4) is 0 Å². The summed E-state index contributed by atoms with van der Waals surface area (Å²) < 4.78 is 0. The lowest BCUT2D eigenvalue weighted by molar-refractivity contribution is -0.148. The van der Waals surface area contributed by atoms with E-state index in [1.165, 1.54) is 10.6 Å². The van der Waals surface area contributed by atoms with E-state index < -0.39 is 6.04 Å². The number of hydrogen-bond donors (Lipinski definition) is 0. The third-order valence-corrected chi connectivity index (χ3v) is 7.45. The predicted molar refractivity (Wildman–Crippen MR) is 127 cm³/mol. The van der Waals surface area contributed by atoms with Crippen LogP contribution in [0.4, 0.5) is 0 Å². The van der Waals surface area contributed by atoms with Crippen molar-refractivity contribution in [3.8, 4) is 0 Å². The standard InChI is InChI=1S/C25H34N4O2S/c1-4-23-26-21(17-32-23)16-27-9-11-28(12-10-27)25(31)22-14-19-7-5-6-8-20(19)15-29(22)24(30)13-18(2)3/h5-8,17-18,22H,4,9-16H2,1-3H3. The minimum absolute atomic E-state index is 0.0850. The van der Waals surface area contributed by atoms with Gasteiger partial charge in [0.2, 0.25) is 11.8 Å². The van der Waals surface area contributed by atoms with E-state index in [1.807, 2.05) is 21.9 Å². The first-order valence-corrected chi connectivity index (χ1v) is 12.6. The van der Waals surface area contributed by atoms with Crippen molar-refractivity contribution in [3.63, 3.8) is 0 Å². The topological polar surface area (TPSA) is 56.8 Å². The van der Waals surface area contributed by atoms with Gasteiger partial charge in [-0.25, -0.2) is 4.98 Å². The van der Waals surface area contributed by atoms with Crippen LogP contribution in [0.25, 0.3) is 0 Å². The van der Waals surface area contributed by atoms with Crippen molar-refractivity contribution in [1.82, 2.24) is 19.7 Å². The van der Waals surface area contributed by atoms with E-state index in [0.29, 0.717) is 32.5 Å².